The van der Waals surface area contributed by atoms with Gasteiger partial charge in [0.1, 0.15) is 5.69 Å². The molecular formula is C17H21N3O2S. The van der Waals surface area contributed by atoms with Crippen LogP contribution < -0.4 is 5.32 Å². The van der Waals surface area contributed by atoms with Crippen LogP contribution in [0.4, 0.5) is 5.69 Å². The van der Waals surface area contributed by atoms with Gasteiger partial charge in [-0.2, -0.15) is 0 Å². The number of piperidine rings is 1. The number of nitrogens with one attached hydrogen (secondary N) is 1. The lowest BCUT2D eigenvalue weighted by Crippen LogP contribution is -2.37. The Labute approximate surface area is 140 Å². The molecule has 1 saturated heterocycles. The minimum atomic E-state index is -0.175. The third-order valence-electron chi connectivity index (χ3n) is 4.15. The van der Waals surface area contributed by atoms with Crippen molar-refractivity contribution in [3.05, 3.63) is 46.4 Å². The van der Waals surface area contributed by atoms with E-state index >= 15 is 0 Å². The number of hydrogen-bond acceptors (Lipinski definition) is 5. The number of aliphatic hydroxyl groups is 1. The fourth-order valence-electron chi connectivity index (χ4n) is 2.70. The molecule has 0 bridgehead atoms. The molecule has 5 nitrogen and oxygen atoms in total. The van der Waals surface area contributed by atoms with Crippen molar-refractivity contribution in [2.24, 2.45) is 0 Å². The third-order valence-corrected chi connectivity index (χ3v) is 4.74. The molecular weight excluding hydrogens is 310 g/mol. The van der Waals surface area contributed by atoms with Gasteiger partial charge >= 0.3 is 0 Å². The van der Waals surface area contributed by atoms with E-state index in [2.05, 4.69) is 27.3 Å². The van der Waals surface area contributed by atoms with E-state index < -0.39 is 0 Å². The summed E-state index contributed by atoms with van der Waals surface area (Å²) in [6, 6.07) is 7.96. The molecule has 0 spiro atoms. The van der Waals surface area contributed by atoms with E-state index in [0.29, 0.717) is 5.69 Å². The number of amides is 1. The molecule has 3 rings (SSSR count). The Hall–Kier alpha value is -1.76. The highest BCUT2D eigenvalue weighted by molar-refractivity contribution is 7.07. The molecule has 122 valence electrons. The zero-order valence-electron chi connectivity index (χ0n) is 12.9. The lowest BCUT2D eigenvalue weighted by molar-refractivity contribution is 0.0832. The molecule has 2 aromatic rings. The zero-order valence-corrected chi connectivity index (χ0v) is 13.8. The van der Waals surface area contributed by atoms with Crippen LogP contribution in [0.25, 0.3) is 0 Å². The highest BCUT2D eigenvalue weighted by atomic mass is 32.1. The van der Waals surface area contributed by atoms with Crippen molar-refractivity contribution in [3.63, 3.8) is 0 Å². The Morgan fingerprint density at radius 3 is 2.70 bits per heavy atom. The second kappa shape index (κ2) is 7.68. The van der Waals surface area contributed by atoms with Crippen molar-refractivity contribution in [1.29, 1.82) is 0 Å². The van der Waals surface area contributed by atoms with E-state index in [4.69, 9.17) is 0 Å². The van der Waals surface area contributed by atoms with Crippen LogP contribution in [-0.2, 0) is 6.42 Å². The number of hydrogen-bond donors (Lipinski definition) is 2. The smallest absolute Gasteiger partial charge is 0.275 e. The first-order valence-electron chi connectivity index (χ1n) is 7.89. The summed E-state index contributed by atoms with van der Waals surface area (Å²) in [4.78, 5) is 18.3. The van der Waals surface area contributed by atoms with Gasteiger partial charge in [-0.15, -0.1) is 11.3 Å². The normalized spacial score (nSPS) is 16.4. The van der Waals surface area contributed by atoms with Gasteiger partial charge in [0, 0.05) is 30.7 Å². The van der Waals surface area contributed by atoms with Crippen molar-refractivity contribution in [2.45, 2.75) is 25.4 Å². The number of likely N-dealkylation sites (tertiary alicyclic amines) is 1. The molecule has 2 N–H and O–H groups in total. The molecule has 0 radical (unpaired) electrons. The molecule has 1 aliphatic rings. The van der Waals surface area contributed by atoms with E-state index in [9.17, 15) is 9.90 Å². The molecule has 1 amide bonds. The highest BCUT2D eigenvalue weighted by Gasteiger charge is 2.16. The summed E-state index contributed by atoms with van der Waals surface area (Å²) >= 11 is 1.41. The van der Waals surface area contributed by atoms with Gasteiger partial charge in [-0.3, -0.25) is 4.79 Å². The van der Waals surface area contributed by atoms with Crippen molar-refractivity contribution >= 4 is 22.9 Å². The summed E-state index contributed by atoms with van der Waals surface area (Å²) in [6.07, 6.45) is 2.62. The molecule has 0 saturated carbocycles. The lowest BCUT2D eigenvalue weighted by Gasteiger charge is -2.29. The molecule has 23 heavy (non-hydrogen) atoms. The number of carbonyl (C=O) groups is 1. The molecule has 0 aliphatic carbocycles. The van der Waals surface area contributed by atoms with Crippen LogP contribution in [0.5, 0.6) is 0 Å². The number of thiazole rings is 1. The van der Waals surface area contributed by atoms with Crippen molar-refractivity contribution in [1.82, 2.24) is 9.88 Å². The van der Waals surface area contributed by atoms with Crippen LogP contribution in [-0.4, -0.2) is 46.6 Å². The second-order valence-corrected chi connectivity index (χ2v) is 6.57. The molecule has 6 heteroatoms. The summed E-state index contributed by atoms with van der Waals surface area (Å²) in [5, 5.41) is 14.1. The Bertz CT molecular complexity index is 620. The van der Waals surface area contributed by atoms with Crippen LogP contribution in [0.1, 0.15) is 28.9 Å². The standard InChI is InChI=1S/C17H21N3O2S/c21-15-6-9-20(10-7-15)8-5-13-1-3-14(4-2-13)19-17(22)16-11-23-12-18-16/h1-4,11-12,15,21H,5-10H2,(H,19,22). The molecule has 1 fully saturated rings. The summed E-state index contributed by atoms with van der Waals surface area (Å²) < 4.78 is 0. The maximum Gasteiger partial charge on any atom is 0.275 e. The molecule has 1 aromatic carbocycles. The van der Waals surface area contributed by atoms with Crippen LogP contribution in [0.3, 0.4) is 0 Å². The Morgan fingerprint density at radius 2 is 2.04 bits per heavy atom. The van der Waals surface area contributed by atoms with Gasteiger partial charge in [-0.1, -0.05) is 12.1 Å². The maximum absolute atomic E-state index is 11.9. The lowest BCUT2D eigenvalue weighted by atomic mass is 10.1. The third kappa shape index (κ3) is 4.60. The minimum absolute atomic E-state index is 0.119. The van der Waals surface area contributed by atoms with Crippen molar-refractivity contribution in [3.8, 4) is 0 Å². The maximum atomic E-state index is 11.9. The highest BCUT2D eigenvalue weighted by Crippen LogP contribution is 2.14. The SMILES string of the molecule is O=C(Nc1ccc(CCN2CCC(O)CC2)cc1)c1cscn1. The summed E-state index contributed by atoms with van der Waals surface area (Å²) in [7, 11) is 0. The molecule has 0 atom stereocenters. The van der Waals surface area contributed by atoms with Crippen LogP contribution in [0, 0.1) is 0 Å². The van der Waals surface area contributed by atoms with Gasteiger partial charge in [-0.25, -0.2) is 4.98 Å². The number of nitrogens with zero attached hydrogens (tertiary/aromatic N) is 2. The summed E-state index contributed by atoms with van der Waals surface area (Å²) in [5.74, 6) is -0.175. The van der Waals surface area contributed by atoms with Crippen molar-refractivity contribution < 1.29 is 9.90 Å². The Morgan fingerprint density at radius 1 is 1.30 bits per heavy atom. The number of carbonyl (C=O) groups excluding carboxylic acids is 1. The predicted octanol–water partition coefficient (Wildman–Crippen LogP) is 2.39. The van der Waals surface area contributed by atoms with Crippen molar-refractivity contribution in [2.75, 3.05) is 25.0 Å². The predicted molar refractivity (Wildman–Crippen MR) is 91.9 cm³/mol. The fourth-order valence-corrected chi connectivity index (χ4v) is 3.24. The topological polar surface area (TPSA) is 65.5 Å². The fraction of sp³-hybridized carbons (Fsp3) is 0.412. The first-order valence-corrected chi connectivity index (χ1v) is 8.84. The van der Waals surface area contributed by atoms with Gasteiger partial charge in [0.15, 0.2) is 0 Å². The van der Waals surface area contributed by atoms with E-state index in [1.54, 1.807) is 10.9 Å². The van der Waals surface area contributed by atoms with E-state index in [1.807, 2.05) is 12.1 Å². The molecule has 0 unspecified atom stereocenters. The monoisotopic (exact) mass is 331 g/mol. The second-order valence-electron chi connectivity index (χ2n) is 5.85. The zero-order chi connectivity index (χ0) is 16.1. The number of aromatic nitrogens is 1. The first-order chi connectivity index (χ1) is 11.2. The van der Waals surface area contributed by atoms with Crippen LogP contribution in [0.2, 0.25) is 0 Å². The van der Waals surface area contributed by atoms with Gasteiger partial charge < -0.3 is 15.3 Å². The van der Waals surface area contributed by atoms with Gasteiger partial charge in [0.2, 0.25) is 0 Å². The Kier molecular flexibility index (Phi) is 5.38. The van der Waals surface area contributed by atoms with Gasteiger partial charge in [0.25, 0.3) is 5.91 Å². The Balaban J connectivity index is 1.48. The van der Waals surface area contributed by atoms with E-state index in [1.165, 1.54) is 16.9 Å². The minimum Gasteiger partial charge on any atom is -0.393 e. The summed E-state index contributed by atoms with van der Waals surface area (Å²) in [6.45, 7) is 2.96. The molecule has 1 aliphatic heterocycles. The average Bonchev–Trinajstić information content (AvgIpc) is 3.10. The average molecular weight is 331 g/mol. The van der Waals surface area contributed by atoms with Gasteiger partial charge in [0.05, 0.1) is 11.6 Å². The first kappa shape index (κ1) is 16.1. The number of aliphatic hydroxyl groups excluding tert-OH is 1. The van der Waals surface area contributed by atoms with Crippen LogP contribution in [0.15, 0.2) is 35.2 Å². The number of rotatable bonds is 5. The quantitative estimate of drug-likeness (QED) is 0.883. The number of anilines is 1. The number of benzene rings is 1. The van der Waals surface area contributed by atoms with Crippen LogP contribution >= 0.6 is 11.3 Å². The molecule has 1 aromatic heterocycles. The van der Waals surface area contributed by atoms with E-state index in [0.717, 1.165) is 44.6 Å². The van der Waals surface area contributed by atoms with Gasteiger partial charge in [-0.05, 0) is 37.0 Å². The van der Waals surface area contributed by atoms with E-state index in [-0.39, 0.29) is 12.0 Å². The largest absolute Gasteiger partial charge is 0.393 e. The molecule has 2 heterocycles. The summed E-state index contributed by atoms with van der Waals surface area (Å²) in [5.41, 5.74) is 4.14.